The molecule has 1 saturated heterocycles. The van der Waals surface area contributed by atoms with Crippen LogP contribution in [-0.4, -0.2) is 34.4 Å². The Bertz CT molecular complexity index is 969. The van der Waals surface area contributed by atoms with Gasteiger partial charge in [0.15, 0.2) is 0 Å². The molecule has 2 aliphatic rings. The van der Waals surface area contributed by atoms with Crippen LogP contribution in [0.5, 0.6) is 0 Å². The van der Waals surface area contributed by atoms with Gasteiger partial charge in [0.1, 0.15) is 5.84 Å². The zero-order valence-electron chi connectivity index (χ0n) is 17.6. The number of halogens is 1. The maximum Gasteiger partial charge on any atom is 0.239 e. The molecule has 2 atom stereocenters. The Morgan fingerprint density at radius 3 is 2.43 bits per heavy atom. The zero-order chi connectivity index (χ0) is 21.5. The summed E-state index contributed by atoms with van der Waals surface area (Å²) >= 11 is 6.19. The number of aliphatic hydroxyl groups excluding tert-OH is 1. The number of carbonyl (C=O) groups excluding carboxylic acids is 1. The molecule has 1 aliphatic heterocycles. The number of amidine groups is 1. The predicted molar refractivity (Wildman–Crippen MR) is 121 cm³/mol. The Morgan fingerprint density at radius 1 is 1.17 bits per heavy atom. The predicted octanol–water partition coefficient (Wildman–Crippen LogP) is 5.27. The van der Waals surface area contributed by atoms with Crippen LogP contribution in [0.4, 0.5) is 0 Å². The van der Waals surface area contributed by atoms with Crippen LogP contribution in [0.25, 0.3) is 11.1 Å². The Hall–Kier alpha value is -2.17. The molecule has 5 heteroatoms. The van der Waals surface area contributed by atoms with Crippen molar-refractivity contribution in [1.82, 2.24) is 4.90 Å². The maximum atomic E-state index is 13.9. The van der Waals surface area contributed by atoms with E-state index in [2.05, 4.69) is 19.9 Å². The van der Waals surface area contributed by atoms with Gasteiger partial charge < -0.3 is 5.11 Å². The highest BCUT2D eigenvalue weighted by Gasteiger charge is 2.59. The Balaban J connectivity index is 1.75. The first-order valence-corrected chi connectivity index (χ1v) is 11.1. The fourth-order valence-corrected chi connectivity index (χ4v) is 5.15. The molecule has 30 heavy (non-hydrogen) atoms. The van der Waals surface area contributed by atoms with Crippen LogP contribution in [0, 0.1) is 17.2 Å². The first-order chi connectivity index (χ1) is 14.4. The molecule has 0 radical (unpaired) electrons. The van der Waals surface area contributed by atoms with E-state index in [1.165, 1.54) is 0 Å². The molecule has 1 unspecified atom stereocenters. The fraction of sp³-hybridized carbons (Fsp3) is 0.440. The third-order valence-corrected chi connectivity index (χ3v) is 6.70. The largest absolute Gasteiger partial charge is 0.394 e. The van der Waals surface area contributed by atoms with Gasteiger partial charge in [-0.25, -0.2) is 0 Å². The molecule has 0 aromatic heterocycles. The molecule has 1 heterocycles. The smallest absolute Gasteiger partial charge is 0.239 e. The van der Waals surface area contributed by atoms with Crippen molar-refractivity contribution in [2.45, 2.75) is 51.0 Å². The van der Waals surface area contributed by atoms with Gasteiger partial charge in [0, 0.05) is 11.4 Å². The second-order valence-electron chi connectivity index (χ2n) is 9.10. The quantitative estimate of drug-likeness (QED) is 0.635. The molecule has 1 aliphatic carbocycles. The van der Waals surface area contributed by atoms with Gasteiger partial charge in [0.05, 0.1) is 18.1 Å². The summed E-state index contributed by atoms with van der Waals surface area (Å²) in [5.41, 5.74) is 2.31. The number of hydrogen-bond donors (Lipinski definition) is 2. The molecule has 1 saturated carbocycles. The van der Waals surface area contributed by atoms with Crippen molar-refractivity contribution in [2.75, 3.05) is 6.61 Å². The van der Waals surface area contributed by atoms with Gasteiger partial charge in [-0.2, -0.15) is 0 Å². The van der Waals surface area contributed by atoms with Gasteiger partial charge in [0.25, 0.3) is 0 Å². The van der Waals surface area contributed by atoms with Gasteiger partial charge in [-0.05, 0) is 59.9 Å². The molecule has 158 valence electrons. The summed E-state index contributed by atoms with van der Waals surface area (Å²) in [7, 11) is 0. The Kier molecular flexibility index (Phi) is 5.73. The molecule has 4 nitrogen and oxygen atoms in total. The third-order valence-electron chi connectivity index (χ3n) is 6.47. The van der Waals surface area contributed by atoms with E-state index in [4.69, 9.17) is 17.0 Å². The van der Waals surface area contributed by atoms with Crippen LogP contribution >= 0.6 is 11.6 Å². The lowest BCUT2D eigenvalue weighted by Crippen LogP contribution is -2.47. The molecule has 1 amide bonds. The van der Waals surface area contributed by atoms with E-state index in [0.717, 1.165) is 29.5 Å². The molecule has 0 bridgehead atoms. The van der Waals surface area contributed by atoms with E-state index >= 15 is 0 Å². The Labute approximate surface area is 183 Å². The minimum atomic E-state index is -0.698. The monoisotopic (exact) mass is 424 g/mol. The van der Waals surface area contributed by atoms with Crippen LogP contribution in [0.3, 0.4) is 0 Å². The number of likely N-dealkylation sites (tertiary alicyclic amines) is 1. The lowest BCUT2D eigenvalue weighted by Gasteiger charge is -2.32. The summed E-state index contributed by atoms with van der Waals surface area (Å²) in [6, 6.07) is 15.5. The van der Waals surface area contributed by atoms with Crippen molar-refractivity contribution in [3.05, 3.63) is 59.1 Å². The number of benzene rings is 2. The number of nitrogens with zero attached hydrogens (tertiary/aromatic N) is 1. The SMILES string of the molecule is CC(C)C[C@H](CO)N1C(=N)CC(c2cccc(-c3cccc(Cl)c3)c2)(C2CC2)C1=O. The first-order valence-electron chi connectivity index (χ1n) is 10.7. The van der Waals surface area contributed by atoms with Crippen LogP contribution in [-0.2, 0) is 10.2 Å². The molecule has 2 aromatic carbocycles. The van der Waals surface area contributed by atoms with Crippen molar-refractivity contribution < 1.29 is 9.90 Å². The molecule has 2 aromatic rings. The van der Waals surface area contributed by atoms with E-state index in [1.807, 2.05) is 42.5 Å². The van der Waals surface area contributed by atoms with Crippen molar-refractivity contribution in [3.8, 4) is 11.1 Å². The van der Waals surface area contributed by atoms with Crippen LogP contribution in [0.1, 0.15) is 45.1 Å². The molecule has 0 spiro atoms. The minimum absolute atomic E-state index is 0.0158. The van der Waals surface area contributed by atoms with Crippen molar-refractivity contribution in [1.29, 1.82) is 5.41 Å². The summed E-state index contributed by atoms with van der Waals surface area (Å²) in [5.74, 6) is 0.908. The number of nitrogens with one attached hydrogen (secondary N) is 1. The normalized spacial score (nSPS) is 22.8. The summed E-state index contributed by atoms with van der Waals surface area (Å²) in [6.45, 7) is 4.04. The highest BCUT2D eigenvalue weighted by molar-refractivity contribution is 6.30. The summed E-state index contributed by atoms with van der Waals surface area (Å²) in [5, 5.41) is 19.3. The molecule has 2 N–H and O–H groups in total. The third kappa shape index (κ3) is 3.67. The number of carbonyl (C=O) groups is 1. The highest BCUT2D eigenvalue weighted by atomic mass is 35.5. The lowest BCUT2D eigenvalue weighted by molar-refractivity contribution is -0.134. The van der Waals surface area contributed by atoms with Gasteiger partial charge in [-0.3, -0.25) is 15.1 Å². The second kappa shape index (κ2) is 8.16. The second-order valence-corrected chi connectivity index (χ2v) is 9.54. The van der Waals surface area contributed by atoms with Crippen LogP contribution < -0.4 is 0 Å². The number of aliphatic hydroxyl groups is 1. The van der Waals surface area contributed by atoms with E-state index in [-0.39, 0.29) is 24.5 Å². The average molecular weight is 425 g/mol. The van der Waals surface area contributed by atoms with Crippen molar-refractivity contribution in [3.63, 3.8) is 0 Å². The number of hydrogen-bond acceptors (Lipinski definition) is 3. The van der Waals surface area contributed by atoms with Gasteiger partial charge >= 0.3 is 0 Å². The fourth-order valence-electron chi connectivity index (χ4n) is 4.95. The molecular weight excluding hydrogens is 396 g/mol. The van der Waals surface area contributed by atoms with E-state index in [9.17, 15) is 9.90 Å². The molecule has 2 fully saturated rings. The van der Waals surface area contributed by atoms with Gasteiger partial charge in [-0.1, -0.05) is 61.8 Å². The van der Waals surface area contributed by atoms with Gasteiger partial charge in [0.2, 0.25) is 5.91 Å². The van der Waals surface area contributed by atoms with E-state index in [0.29, 0.717) is 29.6 Å². The van der Waals surface area contributed by atoms with E-state index < -0.39 is 5.41 Å². The molecule has 4 rings (SSSR count). The topological polar surface area (TPSA) is 64.4 Å². The number of amides is 1. The van der Waals surface area contributed by atoms with Gasteiger partial charge in [-0.15, -0.1) is 0 Å². The van der Waals surface area contributed by atoms with Crippen molar-refractivity contribution in [2.24, 2.45) is 11.8 Å². The van der Waals surface area contributed by atoms with Crippen molar-refractivity contribution >= 4 is 23.3 Å². The lowest BCUT2D eigenvalue weighted by atomic mass is 9.73. The van der Waals surface area contributed by atoms with Crippen LogP contribution in [0.2, 0.25) is 5.02 Å². The zero-order valence-corrected chi connectivity index (χ0v) is 18.3. The Morgan fingerprint density at radius 2 is 1.83 bits per heavy atom. The summed E-state index contributed by atoms with van der Waals surface area (Å²) in [4.78, 5) is 15.4. The average Bonchev–Trinajstić information content (AvgIpc) is 3.53. The first kappa shape index (κ1) is 21.1. The standard InChI is InChI=1S/C25H29ClN2O2/c1-16(2)11-22(15-29)28-23(27)14-25(24(28)30,19-9-10-19)20-7-3-5-17(12-20)18-6-4-8-21(26)13-18/h3-8,12-13,16,19,22,27,29H,9-11,14-15H2,1-2H3/t22-,25?/m1/s1. The minimum Gasteiger partial charge on any atom is -0.394 e. The van der Waals surface area contributed by atoms with E-state index in [1.54, 1.807) is 4.90 Å². The molecular formula is C25H29ClN2O2. The summed E-state index contributed by atoms with van der Waals surface area (Å²) < 4.78 is 0. The highest BCUT2D eigenvalue weighted by Crippen LogP contribution is 2.54. The summed E-state index contributed by atoms with van der Waals surface area (Å²) in [6.07, 6.45) is 3.10. The number of rotatable bonds is 7. The van der Waals surface area contributed by atoms with Crippen LogP contribution in [0.15, 0.2) is 48.5 Å². The maximum absolute atomic E-state index is 13.9.